The molecular formula is C15H26N4O. The fraction of sp³-hybridized carbons (Fsp3) is 0.600. The Labute approximate surface area is 122 Å². The van der Waals surface area contributed by atoms with Crippen LogP contribution in [-0.4, -0.2) is 61.5 Å². The van der Waals surface area contributed by atoms with E-state index in [9.17, 15) is 4.79 Å². The Bertz CT molecular complexity index is 414. The Morgan fingerprint density at radius 2 is 2.00 bits per heavy atom. The predicted octanol–water partition coefficient (Wildman–Crippen LogP) is 1.78. The van der Waals surface area contributed by atoms with Crippen LogP contribution in [0.2, 0.25) is 0 Å². The molecule has 0 radical (unpaired) electrons. The highest BCUT2D eigenvalue weighted by Crippen LogP contribution is 2.09. The highest BCUT2D eigenvalue weighted by Gasteiger charge is 2.18. The number of amides is 1. The number of carbonyl (C=O) groups is 1. The maximum Gasteiger partial charge on any atom is 0.272 e. The van der Waals surface area contributed by atoms with Gasteiger partial charge in [0.05, 0.1) is 11.9 Å². The highest BCUT2D eigenvalue weighted by molar-refractivity contribution is 5.92. The molecule has 1 N–H and O–H groups in total. The number of likely N-dealkylation sites (N-methyl/N-ethyl adjacent to an activating group) is 1. The topological polar surface area (TPSA) is 48.5 Å². The van der Waals surface area contributed by atoms with E-state index in [1.54, 1.807) is 12.3 Å². The second-order valence-corrected chi connectivity index (χ2v) is 5.63. The molecule has 0 unspecified atom stereocenters. The molecular weight excluding hydrogens is 252 g/mol. The molecule has 0 saturated heterocycles. The van der Waals surface area contributed by atoms with Crippen LogP contribution in [0.3, 0.4) is 0 Å². The summed E-state index contributed by atoms with van der Waals surface area (Å²) >= 11 is 0. The number of anilines is 1. The molecule has 0 aromatic carbocycles. The summed E-state index contributed by atoms with van der Waals surface area (Å²) in [6, 6.07) is 3.65. The third-order valence-electron chi connectivity index (χ3n) is 2.96. The van der Waals surface area contributed by atoms with Crippen LogP contribution in [0.5, 0.6) is 0 Å². The number of nitrogens with one attached hydrogen (secondary N) is 1. The molecule has 0 spiro atoms. The van der Waals surface area contributed by atoms with Crippen LogP contribution in [0.1, 0.15) is 24.3 Å². The molecule has 1 aromatic rings. The Morgan fingerprint density at radius 3 is 2.45 bits per heavy atom. The van der Waals surface area contributed by atoms with E-state index < -0.39 is 0 Å². The van der Waals surface area contributed by atoms with Gasteiger partial charge in [-0.3, -0.25) is 4.79 Å². The van der Waals surface area contributed by atoms with Gasteiger partial charge in [0.1, 0.15) is 5.69 Å². The van der Waals surface area contributed by atoms with Gasteiger partial charge in [-0.05, 0) is 32.1 Å². The van der Waals surface area contributed by atoms with Crippen molar-refractivity contribution < 1.29 is 4.79 Å². The number of pyridine rings is 1. The van der Waals surface area contributed by atoms with Gasteiger partial charge in [0.25, 0.3) is 5.91 Å². The van der Waals surface area contributed by atoms with Crippen LogP contribution in [-0.2, 0) is 0 Å². The minimum absolute atomic E-state index is 0.00297. The van der Waals surface area contributed by atoms with E-state index in [-0.39, 0.29) is 5.91 Å². The minimum Gasteiger partial charge on any atom is -0.387 e. The van der Waals surface area contributed by atoms with Crippen molar-refractivity contribution in [2.75, 3.05) is 46.1 Å². The van der Waals surface area contributed by atoms with Gasteiger partial charge in [0, 0.05) is 26.7 Å². The molecule has 0 atom stereocenters. The van der Waals surface area contributed by atoms with Crippen LogP contribution in [0.4, 0.5) is 5.69 Å². The van der Waals surface area contributed by atoms with E-state index in [1.165, 1.54) is 0 Å². The van der Waals surface area contributed by atoms with Crippen molar-refractivity contribution in [3.8, 4) is 0 Å². The van der Waals surface area contributed by atoms with Crippen LogP contribution in [0.25, 0.3) is 0 Å². The maximum absolute atomic E-state index is 12.5. The number of aromatic nitrogens is 1. The van der Waals surface area contributed by atoms with Gasteiger partial charge < -0.3 is 15.1 Å². The number of rotatable bonds is 7. The maximum atomic E-state index is 12.5. The van der Waals surface area contributed by atoms with Gasteiger partial charge in [-0.25, -0.2) is 4.98 Å². The van der Waals surface area contributed by atoms with Crippen LogP contribution in [0.15, 0.2) is 18.3 Å². The van der Waals surface area contributed by atoms with Gasteiger partial charge in [0.2, 0.25) is 0 Å². The number of hydrogen-bond acceptors (Lipinski definition) is 4. The van der Waals surface area contributed by atoms with E-state index in [0.717, 1.165) is 25.3 Å². The largest absolute Gasteiger partial charge is 0.387 e. The van der Waals surface area contributed by atoms with E-state index in [1.807, 2.05) is 32.1 Å². The second kappa shape index (κ2) is 7.85. The van der Waals surface area contributed by atoms with Crippen molar-refractivity contribution in [2.45, 2.75) is 13.8 Å². The Balaban J connectivity index is 2.79. The van der Waals surface area contributed by atoms with Gasteiger partial charge in [-0.2, -0.15) is 0 Å². The molecule has 0 fully saturated rings. The van der Waals surface area contributed by atoms with E-state index >= 15 is 0 Å². The van der Waals surface area contributed by atoms with Gasteiger partial charge in [-0.15, -0.1) is 0 Å². The molecule has 112 valence electrons. The molecule has 0 saturated carbocycles. The molecule has 1 aromatic heterocycles. The van der Waals surface area contributed by atoms with Gasteiger partial charge in [-0.1, -0.05) is 13.8 Å². The summed E-state index contributed by atoms with van der Waals surface area (Å²) in [7, 11) is 5.86. The fourth-order valence-electron chi connectivity index (χ4n) is 1.87. The van der Waals surface area contributed by atoms with Crippen molar-refractivity contribution >= 4 is 11.6 Å². The zero-order chi connectivity index (χ0) is 15.1. The number of hydrogen-bond donors (Lipinski definition) is 1. The zero-order valence-electron chi connectivity index (χ0n) is 13.2. The first kappa shape index (κ1) is 16.4. The standard InChI is InChI=1S/C15H26N4O/c1-12(2)11-19(9-8-18(4)5)15(20)14-7-6-13(16-3)10-17-14/h6-7,10,12,16H,8-9,11H2,1-5H3. The first-order valence-corrected chi connectivity index (χ1v) is 7.01. The summed E-state index contributed by atoms with van der Waals surface area (Å²) in [6.45, 7) is 6.57. The first-order valence-electron chi connectivity index (χ1n) is 7.01. The van der Waals surface area contributed by atoms with Gasteiger partial charge >= 0.3 is 0 Å². The van der Waals surface area contributed by atoms with Crippen molar-refractivity contribution in [2.24, 2.45) is 5.92 Å². The Kier molecular flexibility index (Phi) is 6.45. The smallest absolute Gasteiger partial charge is 0.272 e. The van der Waals surface area contributed by atoms with Crippen molar-refractivity contribution in [3.63, 3.8) is 0 Å². The molecule has 20 heavy (non-hydrogen) atoms. The molecule has 0 aliphatic heterocycles. The number of nitrogens with zero attached hydrogens (tertiary/aromatic N) is 3. The first-order chi connectivity index (χ1) is 9.43. The molecule has 5 nitrogen and oxygen atoms in total. The van der Waals surface area contributed by atoms with Gasteiger partial charge in [0.15, 0.2) is 0 Å². The quantitative estimate of drug-likeness (QED) is 0.826. The normalized spacial score (nSPS) is 10.9. The third-order valence-corrected chi connectivity index (χ3v) is 2.96. The molecule has 1 rings (SSSR count). The molecule has 5 heteroatoms. The van der Waals surface area contributed by atoms with Crippen LogP contribution in [0, 0.1) is 5.92 Å². The van der Waals surface area contributed by atoms with Crippen molar-refractivity contribution in [3.05, 3.63) is 24.0 Å². The summed E-state index contributed by atoms with van der Waals surface area (Å²) in [5, 5.41) is 3.00. The molecule has 0 aliphatic rings. The lowest BCUT2D eigenvalue weighted by atomic mass is 10.2. The lowest BCUT2D eigenvalue weighted by Crippen LogP contribution is -2.39. The summed E-state index contributed by atoms with van der Waals surface area (Å²) in [6.07, 6.45) is 1.69. The summed E-state index contributed by atoms with van der Waals surface area (Å²) < 4.78 is 0. The molecule has 1 amide bonds. The summed E-state index contributed by atoms with van der Waals surface area (Å²) in [5.74, 6) is 0.445. The Morgan fingerprint density at radius 1 is 1.30 bits per heavy atom. The fourth-order valence-corrected chi connectivity index (χ4v) is 1.87. The van der Waals surface area contributed by atoms with E-state index in [0.29, 0.717) is 11.6 Å². The molecule has 1 heterocycles. The van der Waals surface area contributed by atoms with Crippen molar-refractivity contribution in [1.82, 2.24) is 14.8 Å². The third kappa shape index (κ3) is 5.17. The van der Waals surface area contributed by atoms with Crippen LogP contribution < -0.4 is 5.32 Å². The SMILES string of the molecule is CNc1ccc(C(=O)N(CCN(C)C)CC(C)C)nc1. The predicted molar refractivity (Wildman–Crippen MR) is 83.1 cm³/mol. The monoisotopic (exact) mass is 278 g/mol. The molecule has 0 bridgehead atoms. The second-order valence-electron chi connectivity index (χ2n) is 5.63. The average Bonchev–Trinajstić information content (AvgIpc) is 2.42. The van der Waals surface area contributed by atoms with E-state index in [4.69, 9.17) is 0 Å². The lowest BCUT2D eigenvalue weighted by molar-refractivity contribution is 0.0719. The Hall–Kier alpha value is -1.62. The van der Waals surface area contributed by atoms with Crippen molar-refractivity contribution in [1.29, 1.82) is 0 Å². The van der Waals surface area contributed by atoms with Crippen LogP contribution >= 0.6 is 0 Å². The summed E-state index contributed by atoms with van der Waals surface area (Å²) in [4.78, 5) is 20.7. The lowest BCUT2D eigenvalue weighted by Gasteiger charge is -2.25. The molecule has 0 aliphatic carbocycles. The average molecular weight is 278 g/mol. The highest BCUT2D eigenvalue weighted by atomic mass is 16.2. The minimum atomic E-state index is 0.00297. The number of carbonyl (C=O) groups excluding carboxylic acids is 1. The zero-order valence-corrected chi connectivity index (χ0v) is 13.2. The van der Waals surface area contributed by atoms with E-state index in [2.05, 4.69) is 29.0 Å². The summed E-state index contributed by atoms with van der Waals surface area (Å²) in [5.41, 5.74) is 1.41.